The number of benzene rings is 1. The molecule has 0 saturated heterocycles. The minimum absolute atomic E-state index is 0.387. The normalized spacial score (nSPS) is 11.3. The molecule has 0 aliphatic rings. The van der Waals surface area contributed by atoms with Crippen molar-refractivity contribution in [2.75, 3.05) is 7.11 Å². The summed E-state index contributed by atoms with van der Waals surface area (Å²) in [6.07, 6.45) is 2.06. The number of amides is 1. The predicted molar refractivity (Wildman–Crippen MR) is 109 cm³/mol. The maximum Gasteiger partial charge on any atom is 0.253 e. The molecule has 0 bridgehead atoms. The van der Waals surface area contributed by atoms with Gasteiger partial charge < -0.3 is 10.5 Å². The van der Waals surface area contributed by atoms with Gasteiger partial charge in [0.1, 0.15) is 11.4 Å². The molecule has 0 aliphatic carbocycles. The largest absolute Gasteiger partial charge is 0.497 e. The van der Waals surface area contributed by atoms with Gasteiger partial charge in [-0.05, 0) is 61.6 Å². The first kappa shape index (κ1) is 19.2. The second-order valence-corrected chi connectivity index (χ2v) is 7.08. The Morgan fingerprint density at radius 3 is 2.52 bits per heavy atom. The average Bonchev–Trinajstić information content (AvgIpc) is 3.02. The van der Waals surface area contributed by atoms with Crippen LogP contribution in [-0.4, -0.2) is 22.6 Å². The standard InChI is InChI=1S/C21H24ClN3O2/c1-5-13(6-2)14-9-12(3)25-18(10-14)19(21(23)26)20(24-25)16-8-7-15(27-4)11-17(16)22/h7-11,13H,5-6H2,1-4H3,(H2,23,26). The highest BCUT2D eigenvalue weighted by atomic mass is 35.5. The number of hydrogen-bond acceptors (Lipinski definition) is 3. The summed E-state index contributed by atoms with van der Waals surface area (Å²) in [7, 11) is 1.58. The van der Waals surface area contributed by atoms with E-state index >= 15 is 0 Å². The molecule has 0 fully saturated rings. The summed E-state index contributed by atoms with van der Waals surface area (Å²) in [5, 5.41) is 5.12. The van der Waals surface area contributed by atoms with Crippen LogP contribution in [0.25, 0.3) is 16.8 Å². The number of carbonyl (C=O) groups is 1. The molecule has 6 heteroatoms. The third-order valence-corrected chi connectivity index (χ3v) is 5.38. The summed E-state index contributed by atoms with van der Waals surface area (Å²) in [6, 6.07) is 9.44. The van der Waals surface area contributed by atoms with E-state index in [0.717, 1.165) is 18.5 Å². The fraction of sp³-hybridized carbons (Fsp3) is 0.333. The summed E-state index contributed by atoms with van der Waals surface area (Å²) < 4.78 is 6.97. The molecule has 27 heavy (non-hydrogen) atoms. The van der Waals surface area contributed by atoms with Gasteiger partial charge in [0.15, 0.2) is 0 Å². The van der Waals surface area contributed by atoms with E-state index in [0.29, 0.717) is 39.0 Å². The topological polar surface area (TPSA) is 69.6 Å². The Labute approximate surface area is 164 Å². The lowest BCUT2D eigenvalue weighted by Crippen LogP contribution is -2.12. The molecule has 1 aromatic carbocycles. The fourth-order valence-corrected chi connectivity index (χ4v) is 3.84. The molecule has 0 aliphatic heterocycles. The number of fused-ring (bicyclic) bond motifs is 1. The zero-order chi connectivity index (χ0) is 19.7. The quantitative estimate of drug-likeness (QED) is 0.650. The molecule has 3 aromatic rings. The number of rotatable bonds is 6. The number of nitrogens with zero attached hydrogens (tertiary/aromatic N) is 2. The predicted octanol–water partition coefficient (Wildman–Crippen LogP) is 4.97. The van der Waals surface area contributed by atoms with Crippen LogP contribution in [0.4, 0.5) is 0 Å². The number of primary amides is 1. The van der Waals surface area contributed by atoms with Crippen molar-refractivity contribution in [3.63, 3.8) is 0 Å². The number of methoxy groups -OCH3 is 1. The Morgan fingerprint density at radius 2 is 1.96 bits per heavy atom. The van der Waals surface area contributed by atoms with E-state index in [1.807, 2.05) is 13.0 Å². The first-order valence-electron chi connectivity index (χ1n) is 9.08. The zero-order valence-electron chi connectivity index (χ0n) is 16.0. The number of nitrogens with two attached hydrogens (primary N) is 1. The van der Waals surface area contributed by atoms with Crippen LogP contribution in [0.15, 0.2) is 30.3 Å². The third-order valence-electron chi connectivity index (χ3n) is 5.07. The summed E-state index contributed by atoms with van der Waals surface area (Å²) in [6.45, 7) is 6.32. The number of hydrogen-bond donors (Lipinski definition) is 1. The van der Waals surface area contributed by atoms with Crippen molar-refractivity contribution < 1.29 is 9.53 Å². The van der Waals surface area contributed by atoms with Crippen LogP contribution in [-0.2, 0) is 0 Å². The van der Waals surface area contributed by atoms with Gasteiger partial charge in [0, 0.05) is 11.3 Å². The van der Waals surface area contributed by atoms with Crippen LogP contribution in [0.3, 0.4) is 0 Å². The number of aromatic nitrogens is 2. The monoisotopic (exact) mass is 385 g/mol. The Morgan fingerprint density at radius 1 is 1.26 bits per heavy atom. The molecule has 3 rings (SSSR count). The second kappa shape index (κ2) is 7.61. The van der Waals surface area contributed by atoms with Crippen LogP contribution in [0.1, 0.15) is 54.2 Å². The van der Waals surface area contributed by atoms with Crippen molar-refractivity contribution in [1.82, 2.24) is 9.61 Å². The van der Waals surface area contributed by atoms with Crippen LogP contribution < -0.4 is 10.5 Å². The summed E-state index contributed by atoms with van der Waals surface area (Å²) >= 11 is 6.43. The van der Waals surface area contributed by atoms with Crippen LogP contribution >= 0.6 is 11.6 Å². The van der Waals surface area contributed by atoms with E-state index < -0.39 is 5.91 Å². The van der Waals surface area contributed by atoms with Crippen molar-refractivity contribution in [2.24, 2.45) is 5.73 Å². The number of halogens is 1. The molecule has 2 aromatic heterocycles. The molecule has 0 spiro atoms. The van der Waals surface area contributed by atoms with Gasteiger partial charge >= 0.3 is 0 Å². The summed E-state index contributed by atoms with van der Waals surface area (Å²) in [5.41, 5.74) is 10.1. The van der Waals surface area contributed by atoms with Crippen molar-refractivity contribution in [2.45, 2.75) is 39.5 Å². The van der Waals surface area contributed by atoms with Crippen LogP contribution in [0, 0.1) is 6.92 Å². The van der Waals surface area contributed by atoms with E-state index in [9.17, 15) is 4.79 Å². The molecule has 5 nitrogen and oxygen atoms in total. The highest BCUT2D eigenvalue weighted by Gasteiger charge is 2.23. The van der Waals surface area contributed by atoms with Crippen molar-refractivity contribution in [3.8, 4) is 17.0 Å². The first-order chi connectivity index (χ1) is 12.9. The Kier molecular flexibility index (Phi) is 5.42. The van der Waals surface area contributed by atoms with E-state index in [4.69, 9.17) is 22.1 Å². The molecule has 142 valence electrons. The Bertz CT molecular complexity index is 1010. The van der Waals surface area contributed by atoms with E-state index in [2.05, 4.69) is 25.0 Å². The minimum Gasteiger partial charge on any atom is -0.497 e. The van der Waals surface area contributed by atoms with Gasteiger partial charge in [0.2, 0.25) is 0 Å². The maximum absolute atomic E-state index is 12.3. The van der Waals surface area contributed by atoms with Gasteiger partial charge in [-0.2, -0.15) is 5.10 Å². The van der Waals surface area contributed by atoms with Gasteiger partial charge in [-0.25, -0.2) is 4.52 Å². The highest BCUT2D eigenvalue weighted by Crippen LogP contribution is 2.35. The zero-order valence-corrected chi connectivity index (χ0v) is 16.8. The van der Waals surface area contributed by atoms with Gasteiger partial charge in [-0.1, -0.05) is 25.4 Å². The second-order valence-electron chi connectivity index (χ2n) is 6.67. The molecule has 2 heterocycles. The Hall–Kier alpha value is -2.53. The average molecular weight is 386 g/mol. The fourth-order valence-electron chi connectivity index (χ4n) is 3.58. The van der Waals surface area contributed by atoms with Crippen LogP contribution in [0.5, 0.6) is 5.75 Å². The number of pyridine rings is 1. The lowest BCUT2D eigenvalue weighted by Gasteiger charge is -2.14. The molecule has 0 unspecified atom stereocenters. The third kappa shape index (κ3) is 3.39. The summed E-state index contributed by atoms with van der Waals surface area (Å²) in [5.74, 6) is 0.547. The van der Waals surface area contributed by atoms with Crippen molar-refractivity contribution >= 4 is 23.0 Å². The summed E-state index contributed by atoms with van der Waals surface area (Å²) in [4.78, 5) is 12.3. The highest BCUT2D eigenvalue weighted by molar-refractivity contribution is 6.33. The number of aryl methyl sites for hydroxylation is 1. The molecule has 1 amide bonds. The minimum atomic E-state index is -0.520. The molecule has 2 N–H and O–H groups in total. The smallest absolute Gasteiger partial charge is 0.253 e. The molecular formula is C21H24ClN3O2. The van der Waals surface area contributed by atoms with Crippen molar-refractivity contribution in [1.29, 1.82) is 0 Å². The van der Waals surface area contributed by atoms with Crippen LogP contribution in [0.2, 0.25) is 5.02 Å². The molecule has 0 radical (unpaired) electrons. The Balaban J connectivity index is 2.30. The van der Waals surface area contributed by atoms with Gasteiger partial charge in [0.25, 0.3) is 5.91 Å². The van der Waals surface area contributed by atoms with E-state index in [-0.39, 0.29) is 0 Å². The maximum atomic E-state index is 12.3. The van der Waals surface area contributed by atoms with E-state index in [1.165, 1.54) is 5.56 Å². The van der Waals surface area contributed by atoms with Gasteiger partial charge in [-0.15, -0.1) is 0 Å². The lowest BCUT2D eigenvalue weighted by molar-refractivity contribution is 0.100. The molecule has 0 atom stereocenters. The molecule has 0 saturated carbocycles. The van der Waals surface area contributed by atoms with Crippen molar-refractivity contribution in [3.05, 3.63) is 52.2 Å². The number of carbonyl (C=O) groups excluding carboxylic acids is 1. The van der Waals surface area contributed by atoms with Gasteiger partial charge in [-0.3, -0.25) is 4.79 Å². The number of ether oxygens (including phenoxy) is 1. The molecular weight excluding hydrogens is 362 g/mol. The first-order valence-corrected chi connectivity index (χ1v) is 9.46. The van der Waals surface area contributed by atoms with Gasteiger partial charge in [0.05, 0.1) is 23.2 Å². The lowest BCUT2D eigenvalue weighted by atomic mass is 9.93. The SMILES string of the molecule is CCC(CC)c1cc(C)n2nc(-c3ccc(OC)cc3Cl)c(C(N)=O)c2c1. The van der Waals surface area contributed by atoms with E-state index in [1.54, 1.807) is 29.8 Å².